The van der Waals surface area contributed by atoms with Gasteiger partial charge in [-0.2, -0.15) is 0 Å². The Labute approximate surface area is 111 Å². The normalized spacial score (nSPS) is 26.7. The monoisotopic (exact) mass is 256 g/mol. The predicted octanol–water partition coefficient (Wildman–Crippen LogP) is 1.64. The summed E-state index contributed by atoms with van der Waals surface area (Å²) in [5.41, 5.74) is 6.20. The molecule has 0 bridgehead atoms. The van der Waals surface area contributed by atoms with Gasteiger partial charge in [0.25, 0.3) is 0 Å². The van der Waals surface area contributed by atoms with Crippen LogP contribution in [0.2, 0.25) is 0 Å². The van der Waals surface area contributed by atoms with Crippen molar-refractivity contribution in [2.75, 3.05) is 26.3 Å². The van der Waals surface area contributed by atoms with Crippen molar-refractivity contribution in [2.45, 2.75) is 57.8 Å². The number of hydrogen-bond acceptors (Lipinski definition) is 4. The standard InChI is InChI=1S/C14H28N2O2/c1-12(2,15)10-16-11-13(3)4-6-14(7-5-13)17-8-9-18-14/h16H,4-11,15H2,1-3H3. The molecular weight excluding hydrogens is 228 g/mol. The van der Waals surface area contributed by atoms with Crippen LogP contribution in [0, 0.1) is 5.41 Å². The highest BCUT2D eigenvalue weighted by Crippen LogP contribution is 2.44. The molecule has 2 rings (SSSR count). The third-order valence-corrected chi connectivity index (χ3v) is 4.16. The van der Waals surface area contributed by atoms with Crippen LogP contribution in [-0.4, -0.2) is 37.6 Å². The fraction of sp³-hybridized carbons (Fsp3) is 1.00. The van der Waals surface area contributed by atoms with Crippen molar-refractivity contribution in [3.8, 4) is 0 Å². The van der Waals surface area contributed by atoms with E-state index in [9.17, 15) is 0 Å². The SMILES string of the molecule is CC(C)(N)CNCC1(C)CCC2(CC1)OCCO2. The molecule has 0 amide bonds. The van der Waals surface area contributed by atoms with E-state index in [4.69, 9.17) is 15.2 Å². The van der Waals surface area contributed by atoms with Crippen LogP contribution < -0.4 is 11.1 Å². The van der Waals surface area contributed by atoms with Crippen LogP contribution in [0.25, 0.3) is 0 Å². The summed E-state index contributed by atoms with van der Waals surface area (Å²) >= 11 is 0. The molecule has 0 aromatic heterocycles. The van der Waals surface area contributed by atoms with Crippen molar-refractivity contribution in [2.24, 2.45) is 11.1 Å². The van der Waals surface area contributed by atoms with Gasteiger partial charge in [0.15, 0.2) is 5.79 Å². The number of ether oxygens (including phenoxy) is 2. The maximum Gasteiger partial charge on any atom is 0.168 e. The van der Waals surface area contributed by atoms with E-state index in [-0.39, 0.29) is 11.3 Å². The second-order valence-corrected chi connectivity index (χ2v) is 7.01. The molecule has 1 spiro atoms. The van der Waals surface area contributed by atoms with E-state index in [1.54, 1.807) is 0 Å². The summed E-state index contributed by atoms with van der Waals surface area (Å²) in [7, 11) is 0. The molecule has 1 aliphatic carbocycles. The Balaban J connectivity index is 1.76. The molecule has 0 atom stereocenters. The van der Waals surface area contributed by atoms with Gasteiger partial charge in [0.1, 0.15) is 0 Å². The second-order valence-electron chi connectivity index (χ2n) is 7.01. The van der Waals surface area contributed by atoms with E-state index in [0.29, 0.717) is 5.41 Å². The van der Waals surface area contributed by atoms with Crippen molar-refractivity contribution < 1.29 is 9.47 Å². The number of nitrogens with one attached hydrogen (secondary N) is 1. The first kappa shape index (κ1) is 14.3. The molecule has 0 unspecified atom stereocenters. The molecule has 0 aromatic rings. The van der Waals surface area contributed by atoms with Crippen molar-refractivity contribution in [1.29, 1.82) is 0 Å². The minimum Gasteiger partial charge on any atom is -0.348 e. The van der Waals surface area contributed by atoms with Gasteiger partial charge in [0, 0.05) is 31.5 Å². The fourth-order valence-corrected chi connectivity index (χ4v) is 2.88. The molecule has 18 heavy (non-hydrogen) atoms. The zero-order chi connectivity index (χ0) is 13.3. The van der Waals surface area contributed by atoms with Crippen LogP contribution in [0.5, 0.6) is 0 Å². The molecule has 1 saturated carbocycles. The Morgan fingerprint density at radius 2 is 1.67 bits per heavy atom. The maximum atomic E-state index is 5.99. The van der Waals surface area contributed by atoms with Crippen molar-refractivity contribution in [3.05, 3.63) is 0 Å². The summed E-state index contributed by atoms with van der Waals surface area (Å²) in [6.07, 6.45) is 4.37. The Kier molecular flexibility index (Phi) is 4.02. The lowest BCUT2D eigenvalue weighted by Crippen LogP contribution is -2.48. The average molecular weight is 256 g/mol. The lowest BCUT2D eigenvalue weighted by Gasteiger charge is -2.42. The third kappa shape index (κ3) is 3.67. The summed E-state index contributed by atoms with van der Waals surface area (Å²) in [5.74, 6) is -0.243. The molecule has 0 aromatic carbocycles. The Morgan fingerprint density at radius 1 is 1.11 bits per heavy atom. The van der Waals surface area contributed by atoms with Gasteiger partial charge in [-0.25, -0.2) is 0 Å². The topological polar surface area (TPSA) is 56.5 Å². The minimum atomic E-state index is -0.243. The molecule has 1 saturated heterocycles. The number of hydrogen-bond donors (Lipinski definition) is 2. The zero-order valence-electron chi connectivity index (χ0n) is 12.1. The van der Waals surface area contributed by atoms with Gasteiger partial charge >= 0.3 is 0 Å². The maximum absolute atomic E-state index is 5.99. The lowest BCUT2D eigenvalue weighted by molar-refractivity contribution is -0.190. The van der Waals surface area contributed by atoms with Gasteiger partial charge < -0.3 is 20.5 Å². The minimum absolute atomic E-state index is 0.135. The molecule has 3 N–H and O–H groups in total. The summed E-state index contributed by atoms with van der Waals surface area (Å²) in [6.45, 7) is 9.87. The van der Waals surface area contributed by atoms with Gasteiger partial charge in [-0.15, -0.1) is 0 Å². The smallest absolute Gasteiger partial charge is 0.168 e. The molecule has 4 heteroatoms. The Hall–Kier alpha value is -0.160. The molecule has 0 radical (unpaired) electrons. The highest BCUT2D eigenvalue weighted by Gasteiger charge is 2.44. The van der Waals surface area contributed by atoms with Gasteiger partial charge in [-0.05, 0) is 32.1 Å². The highest BCUT2D eigenvalue weighted by atomic mass is 16.7. The quantitative estimate of drug-likeness (QED) is 0.803. The van der Waals surface area contributed by atoms with Crippen LogP contribution in [-0.2, 0) is 9.47 Å². The second kappa shape index (κ2) is 5.08. The fourth-order valence-electron chi connectivity index (χ4n) is 2.88. The van der Waals surface area contributed by atoms with E-state index in [2.05, 4.69) is 26.1 Å². The van der Waals surface area contributed by atoms with E-state index in [1.807, 2.05) is 0 Å². The van der Waals surface area contributed by atoms with Gasteiger partial charge in [0.2, 0.25) is 0 Å². The third-order valence-electron chi connectivity index (χ3n) is 4.16. The van der Waals surface area contributed by atoms with Crippen molar-refractivity contribution >= 4 is 0 Å². The largest absolute Gasteiger partial charge is 0.348 e. The van der Waals surface area contributed by atoms with Gasteiger partial charge in [0.05, 0.1) is 13.2 Å². The zero-order valence-corrected chi connectivity index (χ0v) is 12.1. The lowest BCUT2D eigenvalue weighted by atomic mass is 9.73. The van der Waals surface area contributed by atoms with Crippen molar-refractivity contribution in [3.63, 3.8) is 0 Å². The van der Waals surface area contributed by atoms with E-state index >= 15 is 0 Å². The molecular formula is C14H28N2O2. The first-order valence-electron chi connectivity index (χ1n) is 7.10. The highest BCUT2D eigenvalue weighted by molar-refractivity contribution is 4.90. The van der Waals surface area contributed by atoms with Crippen LogP contribution in [0.1, 0.15) is 46.5 Å². The number of nitrogens with two attached hydrogens (primary N) is 1. The molecule has 2 fully saturated rings. The molecule has 1 aliphatic heterocycles. The molecule has 4 nitrogen and oxygen atoms in total. The van der Waals surface area contributed by atoms with E-state index < -0.39 is 0 Å². The molecule has 2 aliphatic rings. The predicted molar refractivity (Wildman–Crippen MR) is 72.3 cm³/mol. The average Bonchev–Trinajstić information content (AvgIpc) is 2.71. The van der Waals surface area contributed by atoms with Gasteiger partial charge in [-0.1, -0.05) is 6.92 Å². The van der Waals surface area contributed by atoms with Crippen LogP contribution in [0.15, 0.2) is 0 Å². The van der Waals surface area contributed by atoms with Crippen molar-refractivity contribution in [1.82, 2.24) is 5.32 Å². The first-order chi connectivity index (χ1) is 8.33. The van der Waals surface area contributed by atoms with Crippen LogP contribution in [0.4, 0.5) is 0 Å². The van der Waals surface area contributed by atoms with E-state index in [0.717, 1.165) is 52.0 Å². The summed E-state index contributed by atoms with van der Waals surface area (Å²) in [6, 6.07) is 0. The Bertz CT molecular complexity index is 270. The Morgan fingerprint density at radius 3 is 2.17 bits per heavy atom. The van der Waals surface area contributed by atoms with Crippen LogP contribution in [0.3, 0.4) is 0 Å². The van der Waals surface area contributed by atoms with E-state index in [1.165, 1.54) is 0 Å². The number of rotatable bonds is 4. The summed E-state index contributed by atoms with van der Waals surface area (Å²) in [4.78, 5) is 0. The molecule has 106 valence electrons. The first-order valence-corrected chi connectivity index (χ1v) is 7.10. The molecule has 1 heterocycles. The summed E-state index contributed by atoms with van der Waals surface area (Å²) in [5, 5.41) is 3.51. The summed E-state index contributed by atoms with van der Waals surface area (Å²) < 4.78 is 11.5. The van der Waals surface area contributed by atoms with Crippen LogP contribution >= 0.6 is 0 Å². The van der Waals surface area contributed by atoms with Gasteiger partial charge in [-0.3, -0.25) is 0 Å².